The van der Waals surface area contributed by atoms with Gasteiger partial charge in [0, 0.05) is 12.3 Å². The van der Waals surface area contributed by atoms with E-state index < -0.39 is 15.8 Å². The molecule has 0 aromatic heterocycles. The van der Waals surface area contributed by atoms with E-state index in [1.165, 1.54) is 14.2 Å². The Kier molecular flexibility index (Phi) is 3.70. The average Bonchev–Trinajstić information content (AvgIpc) is 2.25. The molecule has 0 aliphatic heterocycles. The standard InChI is InChI=1S/C10H13NO6S/c1-16-5-4-6(18(3,14)15)9(17-2)8(11)7(5)10(12)13/h4H,11H2,1-3H3,(H,12,13). The molecule has 1 aromatic rings. The van der Waals surface area contributed by atoms with E-state index in [4.69, 9.17) is 20.3 Å². The minimum absolute atomic E-state index is 0.138. The fourth-order valence-electron chi connectivity index (χ4n) is 1.50. The average molecular weight is 275 g/mol. The van der Waals surface area contributed by atoms with Gasteiger partial charge in [0.25, 0.3) is 0 Å². The Hall–Kier alpha value is -1.96. The molecule has 100 valence electrons. The molecule has 8 heteroatoms. The molecule has 18 heavy (non-hydrogen) atoms. The summed E-state index contributed by atoms with van der Waals surface area (Å²) >= 11 is 0. The van der Waals surface area contributed by atoms with Gasteiger partial charge in [-0.2, -0.15) is 0 Å². The Morgan fingerprint density at radius 3 is 2.22 bits per heavy atom. The predicted octanol–water partition coefficient (Wildman–Crippen LogP) is 0.388. The van der Waals surface area contributed by atoms with Crippen molar-refractivity contribution in [3.05, 3.63) is 11.6 Å². The van der Waals surface area contributed by atoms with Gasteiger partial charge in [-0.3, -0.25) is 0 Å². The van der Waals surface area contributed by atoms with E-state index in [-0.39, 0.29) is 27.6 Å². The van der Waals surface area contributed by atoms with Crippen LogP contribution in [0.1, 0.15) is 10.4 Å². The number of nitrogen functional groups attached to an aromatic ring is 1. The number of nitrogens with two attached hydrogens (primary N) is 1. The highest BCUT2D eigenvalue weighted by Crippen LogP contribution is 2.39. The number of carboxylic acids is 1. The van der Waals surface area contributed by atoms with Crippen LogP contribution in [0.5, 0.6) is 11.5 Å². The first-order valence-electron chi connectivity index (χ1n) is 4.71. The van der Waals surface area contributed by atoms with Gasteiger partial charge in [-0.15, -0.1) is 0 Å². The summed E-state index contributed by atoms with van der Waals surface area (Å²) in [5.41, 5.74) is 5.00. The van der Waals surface area contributed by atoms with Gasteiger partial charge >= 0.3 is 5.97 Å². The predicted molar refractivity (Wildman–Crippen MR) is 64.0 cm³/mol. The van der Waals surface area contributed by atoms with Gasteiger partial charge in [-0.25, -0.2) is 13.2 Å². The van der Waals surface area contributed by atoms with E-state index in [2.05, 4.69) is 0 Å². The second-order valence-electron chi connectivity index (χ2n) is 3.48. The molecular formula is C10H13NO6S. The first-order chi connectivity index (χ1) is 8.23. The number of hydrogen-bond donors (Lipinski definition) is 2. The van der Waals surface area contributed by atoms with Crippen molar-refractivity contribution in [3.8, 4) is 11.5 Å². The van der Waals surface area contributed by atoms with Gasteiger partial charge in [0.15, 0.2) is 15.6 Å². The van der Waals surface area contributed by atoms with Crippen molar-refractivity contribution in [2.24, 2.45) is 0 Å². The number of anilines is 1. The van der Waals surface area contributed by atoms with Crippen molar-refractivity contribution in [3.63, 3.8) is 0 Å². The fourth-order valence-corrected chi connectivity index (χ4v) is 2.35. The second kappa shape index (κ2) is 4.73. The van der Waals surface area contributed by atoms with Crippen molar-refractivity contribution in [2.45, 2.75) is 4.90 Å². The zero-order valence-electron chi connectivity index (χ0n) is 10.1. The Bertz CT molecular complexity index is 593. The second-order valence-corrected chi connectivity index (χ2v) is 5.46. The molecule has 7 nitrogen and oxygen atoms in total. The molecule has 1 rings (SSSR count). The number of hydrogen-bond acceptors (Lipinski definition) is 6. The van der Waals surface area contributed by atoms with Crippen LogP contribution in [-0.4, -0.2) is 40.0 Å². The monoisotopic (exact) mass is 275 g/mol. The van der Waals surface area contributed by atoms with Crippen molar-refractivity contribution < 1.29 is 27.8 Å². The number of sulfone groups is 1. The summed E-state index contributed by atoms with van der Waals surface area (Å²) in [7, 11) is -1.19. The molecule has 0 saturated carbocycles. The molecule has 0 aliphatic rings. The molecule has 3 N–H and O–H groups in total. The van der Waals surface area contributed by atoms with E-state index in [1.54, 1.807) is 0 Å². The van der Waals surface area contributed by atoms with Crippen LogP contribution < -0.4 is 15.2 Å². The Morgan fingerprint density at radius 1 is 1.33 bits per heavy atom. The van der Waals surface area contributed by atoms with Crippen LogP contribution in [0.3, 0.4) is 0 Å². The highest BCUT2D eigenvalue weighted by molar-refractivity contribution is 7.90. The van der Waals surface area contributed by atoms with E-state index >= 15 is 0 Å². The molecule has 0 amide bonds. The largest absolute Gasteiger partial charge is 0.496 e. The third-order valence-electron chi connectivity index (χ3n) is 2.28. The van der Waals surface area contributed by atoms with Crippen LogP contribution in [0.2, 0.25) is 0 Å². The summed E-state index contributed by atoms with van der Waals surface area (Å²) in [6, 6.07) is 1.08. The van der Waals surface area contributed by atoms with Gasteiger partial charge in [0.05, 0.1) is 19.9 Å². The van der Waals surface area contributed by atoms with Crippen LogP contribution in [0.4, 0.5) is 5.69 Å². The van der Waals surface area contributed by atoms with E-state index in [1.807, 2.05) is 0 Å². The minimum atomic E-state index is -3.62. The summed E-state index contributed by atoms with van der Waals surface area (Å²) < 4.78 is 32.9. The van der Waals surface area contributed by atoms with Crippen molar-refractivity contribution in [1.29, 1.82) is 0 Å². The van der Waals surface area contributed by atoms with Crippen molar-refractivity contribution in [2.75, 3.05) is 26.2 Å². The third kappa shape index (κ3) is 2.33. The first kappa shape index (κ1) is 14.1. The molecule has 0 spiro atoms. The number of aromatic carboxylic acids is 1. The molecule has 0 atom stereocenters. The fraction of sp³-hybridized carbons (Fsp3) is 0.300. The van der Waals surface area contributed by atoms with Crippen LogP contribution in [0.25, 0.3) is 0 Å². The summed E-state index contributed by atoms with van der Waals surface area (Å²) in [6.07, 6.45) is 0.962. The summed E-state index contributed by atoms with van der Waals surface area (Å²) in [5.74, 6) is -1.67. The zero-order valence-corrected chi connectivity index (χ0v) is 10.9. The minimum Gasteiger partial charge on any atom is -0.496 e. The van der Waals surface area contributed by atoms with Crippen LogP contribution in [0.15, 0.2) is 11.0 Å². The number of rotatable bonds is 4. The molecule has 0 heterocycles. The molecule has 0 saturated heterocycles. The lowest BCUT2D eigenvalue weighted by molar-refractivity contribution is 0.0694. The summed E-state index contributed by atoms with van der Waals surface area (Å²) in [5, 5.41) is 9.03. The van der Waals surface area contributed by atoms with Gasteiger partial charge in [-0.1, -0.05) is 0 Å². The molecule has 0 bridgehead atoms. The maximum Gasteiger partial charge on any atom is 0.341 e. The Morgan fingerprint density at radius 2 is 1.89 bits per heavy atom. The molecular weight excluding hydrogens is 262 g/mol. The number of carbonyl (C=O) groups is 1. The number of benzene rings is 1. The lowest BCUT2D eigenvalue weighted by Crippen LogP contribution is -2.11. The SMILES string of the molecule is COc1cc(S(C)(=O)=O)c(OC)c(N)c1C(=O)O. The summed E-state index contributed by atoms with van der Waals surface area (Å²) in [6.45, 7) is 0. The van der Waals surface area contributed by atoms with Crippen LogP contribution in [0, 0.1) is 0 Å². The van der Waals surface area contributed by atoms with E-state index in [0.29, 0.717) is 0 Å². The van der Waals surface area contributed by atoms with Crippen LogP contribution in [-0.2, 0) is 9.84 Å². The van der Waals surface area contributed by atoms with Gasteiger partial charge in [0.2, 0.25) is 0 Å². The number of ether oxygens (including phenoxy) is 2. The zero-order chi connectivity index (χ0) is 14.1. The number of carboxylic acid groups (broad SMARTS) is 1. The summed E-state index contributed by atoms with van der Waals surface area (Å²) in [4.78, 5) is 10.8. The third-order valence-corrected chi connectivity index (χ3v) is 3.39. The molecule has 0 aliphatic carbocycles. The normalized spacial score (nSPS) is 11.1. The van der Waals surface area contributed by atoms with Crippen LogP contribution >= 0.6 is 0 Å². The lowest BCUT2D eigenvalue weighted by Gasteiger charge is -2.15. The number of methoxy groups -OCH3 is 2. The molecule has 1 aromatic carbocycles. The van der Waals surface area contributed by atoms with Crippen molar-refractivity contribution in [1.82, 2.24) is 0 Å². The Labute approximate surface area is 104 Å². The highest BCUT2D eigenvalue weighted by Gasteiger charge is 2.26. The quantitative estimate of drug-likeness (QED) is 0.763. The van der Waals surface area contributed by atoms with Gasteiger partial charge < -0.3 is 20.3 Å². The van der Waals surface area contributed by atoms with Crippen molar-refractivity contribution >= 4 is 21.5 Å². The van der Waals surface area contributed by atoms with Gasteiger partial charge in [0.1, 0.15) is 16.2 Å². The van der Waals surface area contributed by atoms with E-state index in [9.17, 15) is 13.2 Å². The lowest BCUT2D eigenvalue weighted by atomic mass is 10.1. The maximum absolute atomic E-state index is 11.6. The topological polar surface area (TPSA) is 116 Å². The molecule has 0 unspecified atom stereocenters. The molecule has 0 fully saturated rings. The first-order valence-corrected chi connectivity index (χ1v) is 6.61. The highest BCUT2D eigenvalue weighted by atomic mass is 32.2. The van der Waals surface area contributed by atoms with Gasteiger partial charge in [-0.05, 0) is 0 Å². The smallest absolute Gasteiger partial charge is 0.341 e. The Balaban J connectivity index is 3.80. The van der Waals surface area contributed by atoms with E-state index in [0.717, 1.165) is 12.3 Å². The maximum atomic E-state index is 11.6. The molecule has 0 radical (unpaired) electrons.